The number of carbonyl (C=O) groups is 4. The van der Waals surface area contributed by atoms with Crippen LogP contribution in [0.4, 0.5) is 0 Å². The summed E-state index contributed by atoms with van der Waals surface area (Å²) in [5, 5.41) is 19.3. The number of aromatic amines is 3. The van der Waals surface area contributed by atoms with E-state index in [1.165, 1.54) is 12.5 Å². The molecule has 0 saturated carbocycles. The summed E-state index contributed by atoms with van der Waals surface area (Å²) in [4.78, 5) is 65.0. The highest BCUT2D eigenvalue weighted by atomic mass is 32.1. The molecule has 5 aromatic rings. The summed E-state index contributed by atoms with van der Waals surface area (Å²) in [5.74, 6) is -3.31. The number of nitrogens with two attached hydrogens (primary N) is 1. The number of para-hydroxylation sites is 2. The molecule has 0 aliphatic heterocycles. The third-order valence-electron chi connectivity index (χ3n) is 7.59. The van der Waals surface area contributed by atoms with Gasteiger partial charge >= 0.3 is 5.97 Å². The molecule has 3 amide bonds. The minimum atomic E-state index is -1.28. The molecule has 4 unspecified atom stereocenters. The van der Waals surface area contributed by atoms with Gasteiger partial charge in [0, 0.05) is 64.7 Å². The fraction of sp³-hybridized carbons (Fsp3) is 0.258. The van der Waals surface area contributed by atoms with Crippen LogP contribution in [0.15, 0.2) is 73.4 Å². The molecule has 0 aliphatic rings. The van der Waals surface area contributed by atoms with Crippen LogP contribution >= 0.6 is 12.6 Å². The molecule has 45 heavy (non-hydrogen) atoms. The fourth-order valence-electron chi connectivity index (χ4n) is 5.19. The first-order valence-electron chi connectivity index (χ1n) is 14.3. The SMILES string of the molecule is NC(Cc1c[nH]c2ccccc12)C(=O)NC(Cc1c[nH]c2ccccc12)C(=O)NC(CS)C(=O)NC(Cc1cnc[nH]1)C(=O)O. The number of aromatic nitrogens is 4. The molecule has 3 heterocycles. The Balaban J connectivity index is 1.31. The Kier molecular flexibility index (Phi) is 9.85. The van der Waals surface area contributed by atoms with Gasteiger partial charge in [0.05, 0.1) is 12.4 Å². The van der Waals surface area contributed by atoms with E-state index in [4.69, 9.17) is 5.73 Å². The average Bonchev–Trinajstić information content (AvgIpc) is 3.80. The molecule has 0 saturated heterocycles. The monoisotopic (exact) mass is 630 g/mol. The molecule has 13 nitrogen and oxygen atoms in total. The zero-order valence-corrected chi connectivity index (χ0v) is 25.0. The number of aliphatic carboxylic acids is 1. The number of benzene rings is 2. The lowest BCUT2D eigenvalue weighted by Crippen LogP contribution is -2.58. The molecule has 0 spiro atoms. The molecular formula is C31H34N8O5S. The smallest absolute Gasteiger partial charge is 0.326 e. The maximum atomic E-state index is 13.7. The van der Waals surface area contributed by atoms with Crippen LogP contribution in [0.2, 0.25) is 0 Å². The standard InChI is InChI=1S/C31H34N8O5S/c32-22(9-17-12-34-23-7-3-1-5-20(17)23)28(40)37-25(10-18-13-35-24-8-4-2-6-21(18)24)29(41)39-27(15-45)30(42)38-26(31(43)44)11-19-14-33-16-36-19/h1-8,12-14,16,22,25-27,34-35,45H,9-11,15,32H2,(H,33,36)(H,37,40)(H,38,42)(H,39,41)(H,43,44). The first-order chi connectivity index (χ1) is 21.7. The number of imidazole rings is 1. The van der Waals surface area contributed by atoms with Gasteiger partial charge in [-0.3, -0.25) is 14.4 Å². The molecule has 234 valence electrons. The summed E-state index contributed by atoms with van der Waals surface area (Å²) in [6.07, 6.45) is 6.72. The van der Waals surface area contributed by atoms with E-state index in [1.54, 1.807) is 12.4 Å². The number of H-pyrrole nitrogens is 3. The number of thiol groups is 1. The van der Waals surface area contributed by atoms with Gasteiger partial charge in [0.15, 0.2) is 0 Å². The number of amides is 3. The van der Waals surface area contributed by atoms with Gasteiger partial charge < -0.3 is 41.7 Å². The maximum absolute atomic E-state index is 13.7. The Morgan fingerprint density at radius 3 is 1.89 bits per heavy atom. The van der Waals surface area contributed by atoms with E-state index >= 15 is 0 Å². The zero-order chi connectivity index (χ0) is 31.9. The first kappa shape index (κ1) is 31.3. The summed E-state index contributed by atoms with van der Waals surface area (Å²) < 4.78 is 0. The molecule has 0 radical (unpaired) electrons. The number of fused-ring (bicyclic) bond motifs is 2. The minimum absolute atomic E-state index is 0.0398. The van der Waals surface area contributed by atoms with E-state index in [-0.39, 0.29) is 25.0 Å². The van der Waals surface area contributed by atoms with E-state index in [1.807, 2.05) is 48.5 Å². The summed E-state index contributed by atoms with van der Waals surface area (Å²) in [6.45, 7) is 0. The van der Waals surface area contributed by atoms with Crippen molar-refractivity contribution in [3.05, 3.63) is 90.3 Å². The number of nitrogens with zero attached hydrogens (tertiary/aromatic N) is 1. The second kappa shape index (κ2) is 14.1. The molecule has 0 aliphatic carbocycles. The third kappa shape index (κ3) is 7.53. The Labute approximate surface area is 263 Å². The largest absolute Gasteiger partial charge is 0.480 e. The van der Waals surface area contributed by atoms with Crippen LogP contribution in [0.25, 0.3) is 21.8 Å². The van der Waals surface area contributed by atoms with Gasteiger partial charge in [0.25, 0.3) is 0 Å². The predicted molar refractivity (Wildman–Crippen MR) is 172 cm³/mol. The number of carboxylic acid groups (broad SMARTS) is 1. The van der Waals surface area contributed by atoms with Crippen LogP contribution in [-0.2, 0) is 38.4 Å². The Morgan fingerprint density at radius 1 is 0.756 bits per heavy atom. The second-order valence-electron chi connectivity index (χ2n) is 10.7. The highest BCUT2D eigenvalue weighted by Crippen LogP contribution is 2.21. The second-order valence-corrected chi connectivity index (χ2v) is 11.1. The molecular weight excluding hydrogens is 596 g/mol. The van der Waals surface area contributed by atoms with Crippen LogP contribution in [0.3, 0.4) is 0 Å². The molecule has 4 atom stereocenters. The zero-order valence-electron chi connectivity index (χ0n) is 24.1. The van der Waals surface area contributed by atoms with Crippen LogP contribution in [0.5, 0.6) is 0 Å². The summed E-state index contributed by atoms with van der Waals surface area (Å²) in [6, 6.07) is 10.7. The summed E-state index contributed by atoms with van der Waals surface area (Å²) in [5.41, 5.74) is 10.2. The molecule has 2 aromatic carbocycles. The van der Waals surface area contributed by atoms with E-state index < -0.39 is 47.9 Å². The van der Waals surface area contributed by atoms with E-state index in [2.05, 4.69) is 48.5 Å². The highest BCUT2D eigenvalue weighted by molar-refractivity contribution is 7.80. The lowest BCUT2D eigenvalue weighted by atomic mass is 10.0. The quantitative estimate of drug-likeness (QED) is 0.0818. The maximum Gasteiger partial charge on any atom is 0.326 e. The van der Waals surface area contributed by atoms with Crippen molar-refractivity contribution in [1.29, 1.82) is 0 Å². The number of hydrogen-bond donors (Lipinski definition) is 9. The predicted octanol–water partition coefficient (Wildman–Crippen LogP) is 1.20. The average molecular weight is 631 g/mol. The Bertz CT molecular complexity index is 1800. The summed E-state index contributed by atoms with van der Waals surface area (Å²) >= 11 is 4.23. The van der Waals surface area contributed by atoms with Gasteiger partial charge in [-0.25, -0.2) is 9.78 Å². The Hall–Kier alpha value is -5.08. The van der Waals surface area contributed by atoms with Crippen LogP contribution in [0.1, 0.15) is 16.8 Å². The van der Waals surface area contributed by atoms with Crippen molar-refractivity contribution in [1.82, 2.24) is 35.9 Å². The number of hydrogen-bond acceptors (Lipinski definition) is 7. The van der Waals surface area contributed by atoms with Crippen molar-refractivity contribution in [3.8, 4) is 0 Å². The van der Waals surface area contributed by atoms with E-state index in [0.29, 0.717) is 5.69 Å². The number of nitrogens with one attached hydrogen (secondary N) is 6. The van der Waals surface area contributed by atoms with Crippen molar-refractivity contribution in [2.75, 3.05) is 5.75 Å². The number of rotatable bonds is 14. The van der Waals surface area contributed by atoms with Crippen LogP contribution in [-0.4, -0.2) is 78.7 Å². The molecule has 0 fully saturated rings. The van der Waals surface area contributed by atoms with Gasteiger partial charge in [-0.2, -0.15) is 12.6 Å². The van der Waals surface area contributed by atoms with Gasteiger partial charge in [0.2, 0.25) is 17.7 Å². The van der Waals surface area contributed by atoms with Crippen LogP contribution < -0.4 is 21.7 Å². The first-order valence-corrected chi connectivity index (χ1v) is 14.9. The minimum Gasteiger partial charge on any atom is -0.480 e. The normalized spacial score (nSPS) is 14.0. The molecule has 3 aromatic heterocycles. The topological polar surface area (TPSA) is 211 Å². The van der Waals surface area contributed by atoms with Crippen molar-refractivity contribution in [2.24, 2.45) is 5.73 Å². The molecule has 14 heteroatoms. The lowest BCUT2D eigenvalue weighted by molar-refractivity contribution is -0.142. The van der Waals surface area contributed by atoms with Gasteiger partial charge in [-0.15, -0.1) is 0 Å². The molecule has 0 bridgehead atoms. The van der Waals surface area contributed by atoms with Gasteiger partial charge in [-0.05, 0) is 29.7 Å². The number of carbonyl (C=O) groups excluding carboxylic acids is 3. The van der Waals surface area contributed by atoms with Gasteiger partial charge in [0.1, 0.15) is 18.1 Å². The van der Waals surface area contributed by atoms with Crippen LogP contribution in [0, 0.1) is 0 Å². The van der Waals surface area contributed by atoms with E-state index in [0.717, 1.165) is 32.9 Å². The summed E-state index contributed by atoms with van der Waals surface area (Å²) in [7, 11) is 0. The van der Waals surface area contributed by atoms with E-state index in [9.17, 15) is 24.3 Å². The van der Waals surface area contributed by atoms with Gasteiger partial charge in [-0.1, -0.05) is 36.4 Å². The van der Waals surface area contributed by atoms with Crippen molar-refractivity contribution in [3.63, 3.8) is 0 Å². The fourth-order valence-corrected chi connectivity index (χ4v) is 5.45. The van der Waals surface area contributed by atoms with Crippen molar-refractivity contribution < 1.29 is 24.3 Å². The Morgan fingerprint density at radius 2 is 1.31 bits per heavy atom. The molecule has 9 N–H and O–H groups in total. The van der Waals surface area contributed by atoms with Crippen molar-refractivity contribution in [2.45, 2.75) is 43.4 Å². The molecule has 5 rings (SSSR count). The third-order valence-corrected chi connectivity index (χ3v) is 7.96. The highest BCUT2D eigenvalue weighted by Gasteiger charge is 2.31. The number of carboxylic acids is 1. The van der Waals surface area contributed by atoms with Crippen molar-refractivity contribution >= 4 is 58.1 Å². The lowest BCUT2D eigenvalue weighted by Gasteiger charge is -2.24.